The summed E-state index contributed by atoms with van der Waals surface area (Å²) in [5, 5.41) is 1.65. The van der Waals surface area contributed by atoms with Crippen LogP contribution in [-0.2, 0) is 16.6 Å². The lowest BCUT2D eigenvalue weighted by Crippen LogP contribution is -2.31. The maximum Gasteiger partial charge on any atom is 0.343 e. The first kappa shape index (κ1) is 26.0. The molecule has 5 aromatic rings. The molecule has 0 N–H and O–H groups in total. The van der Waals surface area contributed by atoms with Crippen LogP contribution in [0.25, 0.3) is 10.8 Å². The van der Waals surface area contributed by atoms with Crippen LogP contribution in [0.2, 0.25) is 5.02 Å². The molecule has 190 valence electrons. The predicted molar refractivity (Wildman–Crippen MR) is 154 cm³/mol. The molecule has 8 heteroatoms. The fourth-order valence-electron chi connectivity index (χ4n) is 4.07. The van der Waals surface area contributed by atoms with Crippen molar-refractivity contribution < 1.29 is 17.9 Å². The van der Waals surface area contributed by atoms with Crippen LogP contribution in [-0.4, -0.2) is 14.4 Å². The Balaban J connectivity index is 1.52. The molecule has 0 saturated carbocycles. The van der Waals surface area contributed by atoms with Gasteiger partial charge in [0.2, 0.25) is 0 Å². The molecule has 0 atom stereocenters. The Morgan fingerprint density at radius 2 is 1.53 bits per heavy atom. The van der Waals surface area contributed by atoms with Gasteiger partial charge in [-0.3, -0.25) is 4.31 Å². The number of carbonyl (C=O) groups is 1. The maximum atomic E-state index is 14.0. The van der Waals surface area contributed by atoms with Gasteiger partial charge < -0.3 is 4.74 Å². The Hall–Kier alpha value is -3.65. The van der Waals surface area contributed by atoms with Crippen LogP contribution in [0.3, 0.4) is 0 Å². The van der Waals surface area contributed by atoms with Crippen LogP contribution in [0.15, 0.2) is 125 Å². The highest BCUT2D eigenvalue weighted by Crippen LogP contribution is 2.32. The van der Waals surface area contributed by atoms with Crippen molar-refractivity contribution in [3.63, 3.8) is 0 Å². The topological polar surface area (TPSA) is 63.7 Å². The van der Waals surface area contributed by atoms with E-state index < -0.39 is 16.0 Å². The molecular formula is C30H21BrClNO4S. The minimum Gasteiger partial charge on any atom is -0.422 e. The third-order valence-electron chi connectivity index (χ3n) is 5.95. The summed E-state index contributed by atoms with van der Waals surface area (Å²) < 4.78 is 35.8. The molecule has 0 heterocycles. The van der Waals surface area contributed by atoms with Crippen molar-refractivity contribution in [2.24, 2.45) is 0 Å². The lowest BCUT2D eigenvalue weighted by Gasteiger charge is -2.25. The number of para-hydroxylation sites is 1. The number of anilines is 1. The van der Waals surface area contributed by atoms with Crippen LogP contribution in [0.1, 0.15) is 15.9 Å². The van der Waals surface area contributed by atoms with Gasteiger partial charge in [-0.15, -0.1) is 0 Å². The number of sulfonamides is 1. The number of carbonyl (C=O) groups excluding carboxylic acids is 1. The first-order valence-electron chi connectivity index (χ1n) is 11.6. The number of nitrogens with zero attached hydrogens (tertiary/aromatic N) is 1. The smallest absolute Gasteiger partial charge is 0.343 e. The number of rotatable bonds is 7. The lowest BCUT2D eigenvalue weighted by molar-refractivity contribution is 0.0737. The number of halogens is 2. The normalized spacial score (nSPS) is 11.3. The molecule has 0 saturated heterocycles. The SMILES string of the molecule is O=C(Oc1cccc2ccc(Br)cc12)c1ccc(Cl)c(S(=O)(=O)N(Cc2ccccc2)c2ccccc2)c1. The van der Waals surface area contributed by atoms with Crippen LogP contribution in [0, 0.1) is 0 Å². The summed E-state index contributed by atoms with van der Waals surface area (Å²) in [6.07, 6.45) is 0. The van der Waals surface area contributed by atoms with Gasteiger partial charge in [0.15, 0.2) is 0 Å². The average Bonchev–Trinajstić information content (AvgIpc) is 2.93. The van der Waals surface area contributed by atoms with Crippen molar-refractivity contribution in [2.45, 2.75) is 11.4 Å². The van der Waals surface area contributed by atoms with Gasteiger partial charge in [0.25, 0.3) is 10.0 Å². The van der Waals surface area contributed by atoms with E-state index in [1.165, 1.54) is 22.5 Å². The monoisotopic (exact) mass is 605 g/mol. The van der Waals surface area contributed by atoms with Gasteiger partial charge in [-0.05, 0) is 59.5 Å². The fraction of sp³-hybridized carbons (Fsp3) is 0.0333. The van der Waals surface area contributed by atoms with Crippen molar-refractivity contribution >= 4 is 60.0 Å². The molecule has 0 aromatic heterocycles. The van der Waals surface area contributed by atoms with E-state index in [9.17, 15) is 13.2 Å². The van der Waals surface area contributed by atoms with Gasteiger partial charge >= 0.3 is 5.97 Å². The van der Waals surface area contributed by atoms with E-state index in [2.05, 4.69) is 15.9 Å². The standard InChI is InChI=1S/C30H21BrClNO4S/c31-24-16-14-22-10-7-13-28(26(22)19-24)37-30(34)23-15-17-27(32)29(18-23)38(35,36)33(25-11-5-2-6-12-25)20-21-8-3-1-4-9-21/h1-19H,20H2. The summed E-state index contributed by atoms with van der Waals surface area (Å²) in [4.78, 5) is 13.0. The number of hydrogen-bond donors (Lipinski definition) is 0. The van der Waals surface area contributed by atoms with Crippen molar-refractivity contribution in [2.75, 3.05) is 4.31 Å². The van der Waals surface area contributed by atoms with Gasteiger partial charge in [-0.1, -0.05) is 94.3 Å². The van der Waals surface area contributed by atoms with Crippen molar-refractivity contribution in [1.82, 2.24) is 0 Å². The van der Waals surface area contributed by atoms with Crippen LogP contribution >= 0.6 is 27.5 Å². The molecule has 0 spiro atoms. The van der Waals surface area contributed by atoms with Gasteiger partial charge in [0.05, 0.1) is 22.8 Å². The molecule has 38 heavy (non-hydrogen) atoms. The lowest BCUT2D eigenvalue weighted by atomic mass is 10.1. The first-order chi connectivity index (χ1) is 18.3. The van der Waals surface area contributed by atoms with E-state index in [1.807, 2.05) is 60.7 Å². The molecule has 0 bridgehead atoms. The Kier molecular flexibility index (Phi) is 7.51. The Morgan fingerprint density at radius 1 is 0.816 bits per heavy atom. The molecule has 0 radical (unpaired) electrons. The third kappa shape index (κ3) is 5.45. The highest BCUT2D eigenvalue weighted by atomic mass is 79.9. The molecule has 0 aliphatic heterocycles. The Morgan fingerprint density at radius 3 is 2.26 bits per heavy atom. The Labute approximate surface area is 234 Å². The number of ether oxygens (including phenoxy) is 1. The highest BCUT2D eigenvalue weighted by molar-refractivity contribution is 9.10. The summed E-state index contributed by atoms with van der Waals surface area (Å²) in [7, 11) is -4.16. The first-order valence-corrected chi connectivity index (χ1v) is 14.3. The zero-order chi connectivity index (χ0) is 26.7. The van der Waals surface area contributed by atoms with Crippen LogP contribution < -0.4 is 9.04 Å². The van der Waals surface area contributed by atoms with Gasteiger partial charge in [-0.25, -0.2) is 13.2 Å². The predicted octanol–water partition coefficient (Wildman–Crippen LogP) is 7.87. The molecule has 0 amide bonds. The fourth-order valence-corrected chi connectivity index (χ4v) is 6.39. The minimum absolute atomic E-state index is 0.00429. The quantitative estimate of drug-likeness (QED) is 0.140. The molecule has 5 nitrogen and oxygen atoms in total. The second kappa shape index (κ2) is 11.0. The van der Waals surface area contributed by atoms with Gasteiger partial charge in [0, 0.05) is 9.86 Å². The Bertz CT molecular complexity index is 1730. The molecule has 5 rings (SSSR count). The molecular weight excluding hydrogens is 586 g/mol. The minimum atomic E-state index is -4.16. The van der Waals surface area contributed by atoms with Crippen molar-refractivity contribution in [1.29, 1.82) is 0 Å². The van der Waals surface area contributed by atoms with E-state index in [1.54, 1.807) is 36.4 Å². The van der Waals surface area contributed by atoms with E-state index in [0.717, 1.165) is 20.8 Å². The van der Waals surface area contributed by atoms with E-state index in [-0.39, 0.29) is 22.0 Å². The molecule has 0 fully saturated rings. The number of esters is 1. The molecule has 0 aliphatic rings. The maximum absolute atomic E-state index is 14.0. The summed E-state index contributed by atoms with van der Waals surface area (Å²) in [5.74, 6) is -0.331. The number of fused-ring (bicyclic) bond motifs is 1. The summed E-state index contributed by atoms with van der Waals surface area (Å²) >= 11 is 9.86. The number of benzene rings is 5. The van der Waals surface area contributed by atoms with Crippen LogP contribution in [0.4, 0.5) is 5.69 Å². The zero-order valence-electron chi connectivity index (χ0n) is 19.9. The summed E-state index contributed by atoms with van der Waals surface area (Å²) in [6, 6.07) is 33.2. The van der Waals surface area contributed by atoms with Crippen LogP contribution in [0.5, 0.6) is 5.75 Å². The average molecular weight is 607 g/mol. The second-order valence-corrected chi connectivity index (χ2v) is 11.6. The van der Waals surface area contributed by atoms with Gasteiger partial charge in [-0.2, -0.15) is 0 Å². The largest absolute Gasteiger partial charge is 0.422 e. The van der Waals surface area contributed by atoms with E-state index >= 15 is 0 Å². The van der Waals surface area contributed by atoms with Crippen molar-refractivity contribution in [3.8, 4) is 5.75 Å². The zero-order valence-corrected chi connectivity index (χ0v) is 23.1. The summed E-state index contributed by atoms with van der Waals surface area (Å²) in [6.45, 7) is 0.0864. The third-order valence-corrected chi connectivity index (χ3v) is 8.70. The number of hydrogen-bond acceptors (Lipinski definition) is 4. The molecule has 0 aliphatic carbocycles. The second-order valence-electron chi connectivity index (χ2n) is 8.49. The van der Waals surface area contributed by atoms with Gasteiger partial charge in [0.1, 0.15) is 10.6 Å². The summed E-state index contributed by atoms with van der Waals surface area (Å²) in [5.41, 5.74) is 1.34. The molecule has 0 unspecified atom stereocenters. The molecule has 5 aromatic carbocycles. The van der Waals surface area contributed by atoms with E-state index in [4.69, 9.17) is 16.3 Å². The van der Waals surface area contributed by atoms with E-state index in [0.29, 0.717) is 11.4 Å². The highest BCUT2D eigenvalue weighted by Gasteiger charge is 2.29. The van der Waals surface area contributed by atoms with Crippen molar-refractivity contribution in [3.05, 3.63) is 136 Å².